The van der Waals surface area contributed by atoms with E-state index in [9.17, 15) is 13.6 Å². The van der Waals surface area contributed by atoms with Gasteiger partial charge in [0.15, 0.2) is 5.65 Å². The number of rotatable bonds is 3. The summed E-state index contributed by atoms with van der Waals surface area (Å²) in [7, 11) is 0. The van der Waals surface area contributed by atoms with Gasteiger partial charge in [0.2, 0.25) is 5.82 Å². The number of nitrogens with one attached hydrogen (secondary N) is 1. The summed E-state index contributed by atoms with van der Waals surface area (Å²) in [5.74, 6) is -0.406. The monoisotopic (exact) mass is 298 g/mol. The highest BCUT2D eigenvalue weighted by molar-refractivity contribution is 5.67. The van der Waals surface area contributed by atoms with Gasteiger partial charge < -0.3 is 10.1 Å². The van der Waals surface area contributed by atoms with Gasteiger partial charge in [0.05, 0.1) is 0 Å². The number of nitrogens with zero attached hydrogens (tertiary/aromatic N) is 3. The molecule has 114 valence electrons. The second kappa shape index (κ2) is 5.63. The summed E-state index contributed by atoms with van der Waals surface area (Å²) in [6.07, 6.45) is -1.79. The minimum Gasteiger partial charge on any atom is -0.444 e. The first-order valence-electron chi connectivity index (χ1n) is 6.35. The van der Waals surface area contributed by atoms with Crippen molar-refractivity contribution >= 4 is 11.7 Å². The first kappa shape index (κ1) is 15.1. The molecule has 6 nitrogen and oxygen atoms in total. The predicted molar refractivity (Wildman–Crippen MR) is 71.0 cm³/mol. The zero-order valence-corrected chi connectivity index (χ0v) is 11.9. The van der Waals surface area contributed by atoms with Gasteiger partial charge in [-0.2, -0.15) is 0 Å². The lowest BCUT2D eigenvalue weighted by Crippen LogP contribution is -2.32. The zero-order valence-electron chi connectivity index (χ0n) is 11.9. The third-order valence-corrected chi connectivity index (χ3v) is 2.53. The second-order valence-electron chi connectivity index (χ2n) is 5.48. The molecule has 0 spiro atoms. The molecule has 0 fully saturated rings. The number of aromatic nitrogens is 3. The second-order valence-corrected chi connectivity index (χ2v) is 5.48. The molecule has 0 aliphatic heterocycles. The number of alkyl carbamates (subject to hydrolysis) is 1. The molecular weight excluding hydrogens is 282 g/mol. The van der Waals surface area contributed by atoms with Crippen molar-refractivity contribution in [2.75, 3.05) is 0 Å². The Kier molecular flexibility index (Phi) is 4.06. The Hall–Kier alpha value is -2.25. The summed E-state index contributed by atoms with van der Waals surface area (Å²) in [4.78, 5) is 11.5. The van der Waals surface area contributed by atoms with E-state index < -0.39 is 23.9 Å². The van der Waals surface area contributed by atoms with E-state index in [-0.39, 0.29) is 6.54 Å². The number of alkyl halides is 2. The number of carbonyl (C=O) groups excluding carboxylic acids is 1. The van der Waals surface area contributed by atoms with Crippen LogP contribution < -0.4 is 5.32 Å². The topological polar surface area (TPSA) is 68.5 Å². The average Bonchev–Trinajstić information content (AvgIpc) is 2.77. The molecule has 0 radical (unpaired) electrons. The van der Waals surface area contributed by atoms with E-state index in [1.54, 1.807) is 32.9 Å². The molecular formula is C13H16F2N4O2. The molecule has 0 aromatic carbocycles. The Morgan fingerprint density at radius 1 is 1.43 bits per heavy atom. The molecule has 21 heavy (non-hydrogen) atoms. The molecule has 0 bridgehead atoms. The van der Waals surface area contributed by atoms with Gasteiger partial charge in [0.1, 0.15) is 5.60 Å². The average molecular weight is 298 g/mol. The van der Waals surface area contributed by atoms with Gasteiger partial charge in [-0.25, -0.2) is 13.6 Å². The molecule has 1 N–H and O–H groups in total. The van der Waals surface area contributed by atoms with Crippen LogP contribution in [0.3, 0.4) is 0 Å². The van der Waals surface area contributed by atoms with Gasteiger partial charge in [-0.15, -0.1) is 10.2 Å². The fourth-order valence-corrected chi connectivity index (χ4v) is 1.70. The number of hydrogen-bond donors (Lipinski definition) is 1. The molecule has 2 aromatic heterocycles. The van der Waals surface area contributed by atoms with Gasteiger partial charge >= 0.3 is 6.09 Å². The van der Waals surface area contributed by atoms with Crippen molar-refractivity contribution < 1.29 is 18.3 Å². The number of halogens is 2. The molecule has 8 heteroatoms. The fourth-order valence-electron chi connectivity index (χ4n) is 1.70. The van der Waals surface area contributed by atoms with Gasteiger partial charge in [-0.05, 0) is 38.5 Å². The maximum atomic E-state index is 12.6. The number of hydrogen-bond acceptors (Lipinski definition) is 4. The molecule has 0 aliphatic rings. The fraction of sp³-hybridized carbons (Fsp3) is 0.462. The van der Waals surface area contributed by atoms with E-state index in [0.29, 0.717) is 11.2 Å². The van der Waals surface area contributed by atoms with E-state index in [0.717, 1.165) is 0 Å². The normalized spacial score (nSPS) is 11.9. The lowest BCUT2D eigenvalue weighted by Gasteiger charge is -2.19. The lowest BCUT2D eigenvalue weighted by atomic mass is 10.2. The van der Waals surface area contributed by atoms with E-state index in [1.807, 2.05) is 0 Å². The lowest BCUT2D eigenvalue weighted by molar-refractivity contribution is 0.0523. The zero-order chi connectivity index (χ0) is 15.6. The highest BCUT2D eigenvalue weighted by Crippen LogP contribution is 2.18. The molecule has 0 aliphatic carbocycles. The smallest absolute Gasteiger partial charge is 0.407 e. The molecule has 0 saturated heterocycles. The summed E-state index contributed by atoms with van der Waals surface area (Å²) in [6, 6.07) is 3.19. The van der Waals surface area contributed by atoms with Gasteiger partial charge in [0, 0.05) is 12.7 Å². The van der Waals surface area contributed by atoms with Crippen LogP contribution in [-0.4, -0.2) is 26.3 Å². The van der Waals surface area contributed by atoms with Gasteiger partial charge in [-0.1, -0.05) is 0 Å². The standard InChI is InChI=1S/C13H16F2N4O2/c1-13(2,3)21-12(20)16-7-8-4-5-19-9(6-8)17-18-11(19)10(14)15/h4-6,10H,7H2,1-3H3,(H,16,20). The molecule has 0 saturated carbocycles. The third-order valence-electron chi connectivity index (χ3n) is 2.53. The van der Waals surface area contributed by atoms with Crippen LogP contribution in [0.25, 0.3) is 5.65 Å². The number of amides is 1. The molecule has 0 atom stereocenters. The maximum Gasteiger partial charge on any atom is 0.407 e. The van der Waals surface area contributed by atoms with Crippen LogP contribution in [0.15, 0.2) is 18.3 Å². The van der Waals surface area contributed by atoms with Crippen molar-refractivity contribution in [3.8, 4) is 0 Å². The van der Waals surface area contributed by atoms with Gasteiger partial charge in [0.25, 0.3) is 6.43 Å². The van der Waals surface area contributed by atoms with Crippen LogP contribution >= 0.6 is 0 Å². The SMILES string of the molecule is CC(C)(C)OC(=O)NCc1ccn2c(C(F)F)nnc2c1. The van der Waals surface area contributed by atoms with Crippen LogP contribution in [0, 0.1) is 0 Å². The largest absolute Gasteiger partial charge is 0.444 e. The molecule has 2 heterocycles. The van der Waals surface area contributed by atoms with E-state index in [1.165, 1.54) is 10.6 Å². The first-order chi connectivity index (χ1) is 9.76. The summed E-state index contributed by atoms with van der Waals surface area (Å²) in [5, 5.41) is 9.69. The summed E-state index contributed by atoms with van der Waals surface area (Å²) >= 11 is 0. The predicted octanol–water partition coefficient (Wildman–Crippen LogP) is 2.69. The van der Waals surface area contributed by atoms with E-state index in [4.69, 9.17) is 4.74 Å². The Morgan fingerprint density at radius 2 is 2.14 bits per heavy atom. The molecule has 0 unspecified atom stereocenters. The van der Waals surface area contributed by atoms with Crippen LogP contribution in [0.4, 0.5) is 13.6 Å². The number of pyridine rings is 1. The maximum absolute atomic E-state index is 12.6. The van der Waals surface area contributed by atoms with Crippen molar-refractivity contribution in [1.82, 2.24) is 19.9 Å². The van der Waals surface area contributed by atoms with E-state index in [2.05, 4.69) is 15.5 Å². The van der Waals surface area contributed by atoms with Crippen molar-refractivity contribution in [2.45, 2.75) is 39.3 Å². The number of fused-ring (bicyclic) bond motifs is 1. The quantitative estimate of drug-likeness (QED) is 0.946. The van der Waals surface area contributed by atoms with Crippen LogP contribution in [0.2, 0.25) is 0 Å². The van der Waals surface area contributed by atoms with E-state index >= 15 is 0 Å². The summed E-state index contributed by atoms with van der Waals surface area (Å²) in [6.45, 7) is 5.50. The van der Waals surface area contributed by atoms with Crippen molar-refractivity contribution in [3.63, 3.8) is 0 Å². The van der Waals surface area contributed by atoms with Crippen molar-refractivity contribution in [2.24, 2.45) is 0 Å². The van der Waals surface area contributed by atoms with Crippen molar-refractivity contribution in [3.05, 3.63) is 29.7 Å². The van der Waals surface area contributed by atoms with Crippen LogP contribution in [0.5, 0.6) is 0 Å². The highest BCUT2D eigenvalue weighted by atomic mass is 19.3. The first-order valence-corrected chi connectivity index (χ1v) is 6.35. The minimum atomic E-state index is -2.69. The summed E-state index contributed by atoms with van der Waals surface area (Å²) < 4.78 is 31.6. The van der Waals surface area contributed by atoms with Gasteiger partial charge in [-0.3, -0.25) is 4.40 Å². The molecule has 1 amide bonds. The Balaban J connectivity index is 2.05. The number of carbonyl (C=O) groups is 1. The minimum absolute atomic E-state index is 0.211. The van der Waals surface area contributed by atoms with Crippen LogP contribution in [-0.2, 0) is 11.3 Å². The molecule has 2 aromatic rings. The summed E-state index contributed by atoms with van der Waals surface area (Å²) in [5.41, 5.74) is 0.433. The Bertz CT molecular complexity index is 649. The Labute approximate surface area is 120 Å². The van der Waals surface area contributed by atoms with Crippen LogP contribution in [0.1, 0.15) is 38.6 Å². The third kappa shape index (κ3) is 3.87. The Morgan fingerprint density at radius 3 is 2.76 bits per heavy atom. The molecule has 2 rings (SSSR count). The number of ether oxygens (including phenoxy) is 1. The highest BCUT2D eigenvalue weighted by Gasteiger charge is 2.17. The van der Waals surface area contributed by atoms with Crippen molar-refractivity contribution in [1.29, 1.82) is 0 Å².